The van der Waals surface area contributed by atoms with Crippen LogP contribution in [0.3, 0.4) is 0 Å². The second-order valence-electron chi connectivity index (χ2n) is 6.28. The van der Waals surface area contributed by atoms with Crippen molar-refractivity contribution in [3.63, 3.8) is 0 Å². The molecule has 2 heterocycles. The van der Waals surface area contributed by atoms with Crippen LogP contribution < -0.4 is 10.0 Å². The van der Waals surface area contributed by atoms with Crippen LogP contribution >= 0.6 is 23.1 Å². The van der Waals surface area contributed by atoms with Crippen molar-refractivity contribution in [1.82, 2.24) is 15.2 Å². The molecule has 0 atom stereocenters. The molecule has 9 nitrogen and oxygen atoms in total. The number of para-hydroxylation sites is 1. The molecule has 0 saturated carbocycles. The Morgan fingerprint density at radius 2 is 1.90 bits per heavy atom. The summed E-state index contributed by atoms with van der Waals surface area (Å²) < 4.78 is 32.3. The lowest BCUT2D eigenvalue weighted by Gasteiger charge is -2.05. The van der Waals surface area contributed by atoms with E-state index in [-0.39, 0.29) is 28.5 Å². The van der Waals surface area contributed by atoms with Crippen LogP contribution in [0, 0.1) is 0 Å². The van der Waals surface area contributed by atoms with Gasteiger partial charge in [-0.15, -0.1) is 10.2 Å². The molecule has 0 saturated heterocycles. The molecule has 0 fully saturated rings. The van der Waals surface area contributed by atoms with E-state index in [0.717, 1.165) is 22.0 Å². The number of anilines is 2. The number of nitrogens with zero attached hydrogens (tertiary/aromatic N) is 3. The van der Waals surface area contributed by atoms with Crippen LogP contribution in [-0.4, -0.2) is 41.0 Å². The zero-order chi connectivity index (χ0) is 21.8. The minimum Gasteiger partial charge on any atom is -0.411 e. The predicted octanol–water partition coefficient (Wildman–Crippen LogP) is 3.84. The highest BCUT2D eigenvalue weighted by Crippen LogP contribution is 2.27. The Bertz CT molecular complexity index is 1280. The van der Waals surface area contributed by atoms with Crippen LogP contribution in [0.5, 0.6) is 0 Å². The molecule has 1 amide bonds. The summed E-state index contributed by atoms with van der Waals surface area (Å²) in [6.45, 7) is 1.56. The fourth-order valence-corrected chi connectivity index (χ4v) is 4.61. The summed E-state index contributed by atoms with van der Waals surface area (Å²) in [7, 11) is -3.34. The first kappa shape index (κ1) is 21.3. The Kier molecular flexibility index (Phi) is 6.20. The van der Waals surface area contributed by atoms with Crippen LogP contribution in [0.4, 0.5) is 10.8 Å². The largest absolute Gasteiger partial charge is 0.411 e. The highest BCUT2D eigenvalue weighted by atomic mass is 32.2. The first-order valence-corrected chi connectivity index (χ1v) is 12.6. The molecule has 2 aromatic carbocycles. The first-order chi connectivity index (χ1) is 14.9. The van der Waals surface area contributed by atoms with Crippen molar-refractivity contribution in [2.24, 2.45) is 0 Å². The van der Waals surface area contributed by atoms with E-state index >= 15 is 0 Å². The molecule has 0 aliphatic rings. The van der Waals surface area contributed by atoms with Gasteiger partial charge in [0.1, 0.15) is 0 Å². The van der Waals surface area contributed by atoms with Gasteiger partial charge < -0.3 is 9.73 Å². The van der Waals surface area contributed by atoms with E-state index in [4.69, 9.17) is 4.42 Å². The summed E-state index contributed by atoms with van der Waals surface area (Å²) in [4.78, 5) is 16.6. The van der Waals surface area contributed by atoms with Gasteiger partial charge >= 0.3 is 0 Å². The number of fused-ring (bicyclic) bond motifs is 1. The maximum Gasteiger partial charge on any atom is 0.277 e. The van der Waals surface area contributed by atoms with E-state index in [0.29, 0.717) is 16.4 Å². The van der Waals surface area contributed by atoms with Crippen LogP contribution in [0.25, 0.3) is 21.7 Å². The minimum absolute atomic E-state index is 0.00839. The Hall–Kier alpha value is -2.96. The predicted molar refractivity (Wildman–Crippen MR) is 122 cm³/mol. The number of nitrogens with one attached hydrogen (secondary N) is 2. The summed E-state index contributed by atoms with van der Waals surface area (Å²) in [5.41, 5.74) is 1.93. The lowest BCUT2D eigenvalue weighted by molar-refractivity contribution is -0.113. The maximum absolute atomic E-state index is 12.2. The fraction of sp³-hybridized carbons (Fsp3) is 0.158. The Labute approximate surface area is 186 Å². The number of sulfonamides is 1. The summed E-state index contributed by atoms with van der Waals surface area (Å²) in [5.74, 6) is 0.135. The van der Waals surface area contributed by atoms with Gasteiger partial charge in [0.2, 0.25) is 21.8 Å². The van der Waals surface area contributed by atoms with Crippen molar-refractivity contribution in [1.29, 1.82) is 0 Å². The molecule has 160 valence electrons. The smallest absolute Gasteiger partial charge is 0.277 e. The lowest BCUT2D eigenvalue weighted by atomic mass is 10.2. The van der Waals surface area contributed by atoms with Crippen molar-refractivity contribution >= 4 is 60.1 Å². The van der Waals surface area contributed by atoms with Gasteiger partial charge in [0.05, 0.1) is 21.7 Å². The van der Waals surface area contributed by atoms with Gasteiger partial charge in [0.25, 0.3) is 5.22 Å². The Morgan fingerprint density at radius 1 is 1.13 bits per heavy atom. The molecule has 31 heavy (non-hydrogen) atoms. The number of thiazole rings is 1. The van der Waals surface area contributed by atoms with E-state index < -0.39 is 10.0 Å². The molecule has 0 spiro atoms. The minimum atomic E-state index is -3.34. The number of carbonyl (C=O) groups excluding carboxylic acids is 1. The van der Waals surface area contributed by atoms with Crippen LogP contribution in [0.15, 0.2) is 58.2 Å². The molecular weight excluding hydrogens is 458 g/mol. The zero-order valence-electron chi connectivity index (χ0n) is 16.2. The van der Waals surface area contributed by atoms with Crippen molar-refractivity contribution in [2.45, 2.75) is 12.1 Å². The number of amides is 1. The van der Waals surface area contributed by atoms with Gasteiger partial charge in [-0.1, -0.05) is 35.2 Å². The van der Waals surface area contributed by atoms with Crippen molar-refractivity contribution < 1.29 is 17.6 Å². The van der Waals surface area contributed by atoms with Gasteiger partial charge in [-0.2, -0.15) is 0 Å². The number of aromatic nitrogens is 3. The zero-order valence-corrected chi connectivity index (χ0v) is 18.7. The highest BCUT2D eigenvalue weighted by Gasteiger charge is 2.13. The van der Waals surface area contributed by atoms with E-state index in [2.05, 4.69) is 25.2 Å². The Morgan fingerprint density at radius 3 is 2.65 bits per heavy atom. The molecule has 0 bridgehead atoms. The second kappa shape index (κ2) is 9.04. The Balaban J connectivity index is 1.34. The first-order valence-electron chi connectivity index (χ1n) is 9.14. The van der Waals surface area contributed by atoms with Crippen LogP contribution in [-0.2, 0) is 14.8 Å². The summed E-state index contributed by atoms with van der Waals surface area (Å²) in [6, 6.07) is 14.2. The number of carbonyl (C=O) groups is 1. The van der Waals surface area contributed by atoms with Gasteiger partial charge in [0, 0.05) is 11.3 Å². The third kappa shape index (κ3) is 5.40. The molecule has 4 rings (SSSR count). The van der Waals surface area contributed by atoms with E-state index in [9.17, 15) is 13.2 Å². The average molecular weight is 476 g/mol. The fourth-order valence-electron chi connectivity index (χ4n) is 2.53. The van der Waals surface area contributed by atoms with Crippen LogP contribution in [0.2, 0.25) is 0 Å². The van der Waals surface area contributed by atoms with Gasteiger partial charge in [0.15, 0.2) is 5.13 Å². The van der Waals surface area contributed by atoms with Crippen molar-refractivity contribution in [2.75, 3.05) is 21.5 Å². The standard InChI is InChI=1S/C19H17N5O4S3/c1-2-31(26,27)24-13-9-7-12(8-10-13)17-22-23-19(28-17)29-11-16(25)21-18-20-14-5-3-4-6-15(14)30-18/h3-10,24H,2,11H2,1H3,(H,20,21,25). The third-order valence-electron chi connectivity index (χ3n) is 4.06. The van der Waals surface area contributed by atoms with E-state index in [1.54, 1.807) is 31.2 Å². The molecule has 2 aromatic heterocycles. The normalized spacial score (nSPS) is 11.5. The number of hydrogen-bond acceptors (Lipinski definition) is 9. The SMILES string of the molecule is CCS(=O)(=O)Nc1ccc(-c2nnc(SCC(=O)Nc3nc4ccccc4s3)o2)cc1. The maximum atomic E-state index is 12.2. The second-order valence-corrected chi connectivity index (χ2v) is 10.2. The molecule has 0 aliphatic heterocycles. The van der Waals surface area contributed by atoms with Gasteiger partial charge in [-0.05, 0) is 43.3 Å². The molecule has 0 radical (unpaired) electrons. The molecule has 12 heteroatoms. The monoisotopic (exact) mass is 475 g/mol. The number of benzene rings is 2. The molecule has 0 unspecified atom stereocenters. The van der Waals surface area contributed by atoms with E-state index in [1.165, 1.54) is 11.3 Å². The average Bonchev–Trinajstić information content (AvgIpc) is 3.39. The third-order valence-corrected chi connectivity index (χ3v) is 7.14. The summed E-state index contributed by atoms with van der Waals surface area (Å²) >= 11 is 2.52. The topological polar surface area (TPSA) is 127 Å². The summed E-state index contributed by atoms with van der Waals surface area (Å²) in [5, 5.41) is 11.5. The summed E-state index contributed by atoms with van der Waals surface area (Å²) in [6.07, 6.45) is 0. The number of rotatable bonds is 8. The number of thioether (sulfide) groups is 1. The van der Waals surface area contributed by atoms with Gasteiger partial charge in [-0.3, -0.25) is 9.52 Å². The van der Waals surface area contributed by atoms with E-state index in [1.807, 2.05) is 24.3 Å². The molecular formula is C19H17N5O4S3. The van der Waals surface area contributed by atoms with Crippen molar-refractivity contribution in [3.8, 4) is 11.5 Å². The quantitative estimate of drug-likeness (QED) is 0.368. The van der Waals surface area contributed by atoms with Crippen molar-refractivity contribution in [3.05, 3.63) is 48.5 Å². The van der Waals surface area contributed by atoms with Crippen LogP contribution in [0.1, 0.15) is 6.92 Å². The number of hydrogen-bond donors (Lipinski definition) is 2. The molecule has 2 N–H and O–H groups in total. The molecule has 4 aromatic rings. The lowest BCUT2D eigenvalue weighted by Crippen LogP contribution is -2.14. The highest BCUT2D eigenvalue weighted by molar-refractivity contribution is 7.99. The molecule has 0 aliphatic carbocycles. The van der Waals surface area contributed by atoms with Gasteiger partial charge in [-0.25, -0.2) is 13.4 Å².